The molecule has 0 atom stereocenters. The van der Waals surface area contributed by atoms with Gasteiger partial charge < -0.3 is 0 Å². The highest BCUT2D eigenvalue weighted by atomic mass is 15.3. The average molecular weight is 134 g/mol. The maximum Gasteiger partial charge on any atom is 0.0908 e. The summed E-state index contributed by atoms with van der Waals surface area (Å²) in [6.07, 6.45) is 5.51. The maximum absolute atomic E-state index is 8.11. The van der Waals surface area contributed by atoms with Crippen molar-refractivity contribution in [3.63, 3.8) is 0 Å². The fourth-order valence-corrected chi connectivity index (χ4v) is 0.557. The average Bonchev–Trinajstić information content (AvgIpc) is 2.41. The number of nitrogens with one attached hydrogen (secondary N) is 1. The van der Waals surface area contributed by atoms with E-state index in [4.69, 9.17) is 5.26 Å². The Balaban J connectivity index is 2.43. The molecule has 0 amide bonds. The molecule has 1 rings (SSSR count). The molecule has 0 aliphatic heterocycles. The summed E-state index contributed by atoms with van der Waals surface area (Å²) in [7, 11) is 0. The van der Waals surface area contributed by atoms with Crippen LogP contribution in [0.4, 0.5) is 0 Å². The fraction of sp³-hybridized carbons (Fsp3) is 0.167. The van der Waals surface area contributed by atoms with Crippen LogP contribution >= 0.6 is 0 Å². The maximum atomic E-state index is 8.11. The van der Waals surface area contributed by atoms with E-state index in [0.29, 0.717) is 6.42 Å². The SMILES string of the molecule is N#CC=CCc1c[nH]nn1. The number of nitrogens with zero attached hydrogens (tertiary/aromatic N) is 3. The minimum absolute atomic E-state index is 0.657. The number of hydrogen-bond acceptors (Lipinski definition) is 3. The molecule has 0 spiro atoms. The fourth-order valence-electron chi connectivity index (χ4n) is 0.557. The number of hydrogen-bond donors (Lipinski definition) is 1. The number of nitriles is 1. The van der Waals surface area contributed by atoms with Crippen LogP contribution in [0.3, 0.4) is 0 Å². The highest BCUT2D eigenvalue weighted by Gasteiger charge is 1.88. The molecular weight excluding hydrogens is 128 g/mol. The first-order valence-corrected chi connectivity index (χ1v) is 2.83. The van der Waals surface area contributed by atoms with Crippen molar-refractivity contribution in [3.8, 4) is 6.07 Å². The second-order valence-electron chi connectivity index (χ2n) is 1.70. The Morgan fingerprint density at radius 2 is 2.70 bits per heavy atom. The van der Waals surface area contributed by atoms with Gasteiger partial charge in [-0.1, -0.05) is 11.3 Å². The molecule has 0 aliphatic carbocycles. The zero-order chi connectivity index (χ0) is 7.23. The smallest absolute Gasteiger partial charge is 0.0908 e. The second kappa shape index (κ2) is 3.41. The van der Waals surface area contributed by atoms with Crippen LogP contribution in [-0.4, -0.2) is 15.4 Å². The molecule has 1 aromatic rings. The molecule has 0 unspecified atom stereocenters. The molecule has 4 nitrogen and oxygen atoms in total. The summed E-state index contributed by atoms with van der Waals surface area (Å²) in [4.78, 5) is 0. The molecule has 0 aliphatic rings. The van der Waals surface area contributed by atoms with E-state index in [-0.39, 0.29) is 0 Å². The summed E-state index contributed by atoms with van der Waals surface area (Å²) >= 11 is 0. The van der Waals surface area contributed by atoms with Crippen LogP contribution in [0.5, 0.6) is 0 Å². The highest BCUT2D eigenvalue weighted by Crippen LogP contribution is 1.90. The Labute approximate surface area is 58.2 Å². The van der Waals surface area contributed by atoms with Gasteiger partial charge in [-0.15, -0.1) is 5.10 Å². The van der Waals surface area contributed by atoms with Gasteiger partial charge in [-0.05, 0) is 0 Å². The number of rotatable bonds is 2. The predicted octanol–water partition coefficient (Wildman–Crippen LogP) is 0.427. The summed E-state index contributed by atoms with van der Waals surface area (Å²) in [5, 5.41) is 17.9. The van der Waals surface area contributed by atoms with Crippen LogP contribution in [0, 0.1) is 11.3 Å². The summed E-state index contributed by atoms with van der Waals surface area (Å²) < 4.78 is 0. The third kappa shape index (κ3) is 1.71. The molecular formula is C6H6N4. The molecule has 0 bridgehead atoms. The number of allylic oxidation sites excluding steroid dienone is 2. The van der Waals surface area contributed by atoms with E-state index < -0.39 is 0 Å². The van der Waals surface area contributed by atoms with Gasteiger partial charge >= 0.3 is 0 Å². The molecule has 0 aromatic carbocycles. The van der Waals surface area contributed by atoms with Crippen molar-refractivity contribution in [2.24, 2.45) is 0 Å². The molecule has 1 N–H and O–H groups in total. The monoisotopic (exact) mass is 134 g/mol. The lowest BCUT2D eigenvalue weighted by atomic mass is 10.3. The van der Waals surface area contributed by atoms with Gasteiger partial charge in [-0.25, -0.2) is 0 Å². The lowest BCUT2D eigenvalue weighted by Crippen LogP contribution is -1.78. The van der Waals surface area contributed by atoms with E-state index in [1.807, 2.05) is 6.07 Å². The Morgan fingerprint density at radius 3 is 3.30 bits per heavy atom. The van der Waals surface area contributed by atoms with Crippen molar-refractivity contribution < 1.29 is 0 Å². The summed E-state index contributed by atoms with van der Waals surface area (Å²) in [5.41, 5.74) is 0.839. The third-order valence-electron chi connectivity index (χ3n) is 0.987. The zero-order valence-electron chi connectivity index (χ0n) is 5.28. The van der Waals surface area contributed by atoms with Gasteiger partial charge in [-0.3, -0.25) is 5.10 Å². The van der Waals surface area contributed by atoms with Gasteiger partial charge in [-0.2, -0.15) is 5.26 Å². The van der Waals surface area contributed by atoms with E-state index in [1.54, 1.807) is 12.3 Å². The molecule has 1 heterocycles. The van der Waals surface area contributed by atoms with E-state index in [0.717, 1.165) is 5.69 Å². The number of H-pyrrole nitrogens is 1. The minimum Gasteiger partial charge on any atom is -0.265 e. The largest absolute Gasteiger partial charge is 0.265 e. The van der Waals surface area contributed by atoms with Crippen LogP contribution in [-0.2, 0) is 6.42 Å². The van der Waals surface area contributed by atoms with Crippen molar-refractivity contribution in [1.82, 2.24) is 15.4 Å². The molecule has 10 heavy (non-hydrogen) atoms. The zero-order valence-corrected chi connectivity index (χ0v) is 5.28. The highest BCUT2D eigenvalue weighted by molar-refractivity contribution is 5.07. The number of aromatic amines is 1. The van der Waals surface area contributed by atoms with E-state index in [9.17, 15) is 0 Å². The first kappa shape index (κ1) is 6.49. The topological polar surface area (TPSA) is 65.4 Å². The van der Waals surface area contributed by atoms with Gasteiger partial charge in [0.1, 0.15) is 0 Å². The molecule has 1 aromatic heterocycles. The quantitative estimate of drug-likeness (QED) is 0.596. The van der Waals surface area contributed by atoms with E-state index in [2.05, 4.69) is 15.4 Å². The van der Waals surface area contributed by atoms with Crippen molar-refractivity contribution >= 4 is 0 Å². The van der Waals surface area contributed by atoms with Gasteiger partial charge in [0.15, 0.2) is 0 Å². The van der Waals surface area contributed by atoms with Gasteiger partial charge in [0.2, 0.25) is 0 Å². The summed E-state index contributed by atoms with van der Waals surface area (Å²) in [6.45, 7) is 0. The van der Waals surface area contributed by atoms with Crippen LogP contribution in [0.1, 0.15) is 5.69 Å². The minimum atomic E-state index is 0.657. The normalized spacial score (nSPS) is 9.90. The van der Waals surface area contributed by atoms with Crippen LogP contribution in [0.25, 0.3) is 0 Å². The molecule has 0 fully saturated rings. The lowest BCUT2D eigenvalue weighted by molar-refractivity contribution is 0.919. The Bertz CT molecular complexity index is 241. The van der Waals surface area contributed by atoms with Crippen LogP contribution in [0.15, 0.2) is 18.3 Å². The van der Waals surface area contributed by atoms with E-state index >= 15 is 0 Å². The number of aromatic nitrogens is 3. The van der Waals surface area contributed by atoms with Gasteiger partial charge in [0.05, 0.1) is 11.8 Å². The van der Waals surface area contributed by atoms with Crippen LogP contribution in [0.2, 0.25) is 0 Å². The van der Waals surface area contributed by atoms with Crippen molar-refractivity contribution in [2.45, 2.75) is 6.42 Å². The third-order valence-corrected chi connectivity index (χ3v) is 0.987. The first-order chi connectivity index (χ1) is 4.93. The molecule has 0 saturated heterocycles. The van der Waals surface area contributed by atoms with Crippen LogP contribution < -0.4 is 0 Å². The molecule has 0 saturated carbocycles. The Morgan fingerprint density at radius 1 is 1.80 bits per heavy atom. The van der Waals surface area contributed by atoms with Crippen molar-refractivity contribution in [2.75, 3.05) is 0 Å². The molecule has 4 heteroatoms. The first-order valence-electron chi connectivity index (χ1n) is 2.83. The van der Waals surface area contributed by atoms with Gasteiger partial charge in [0, 0.05) is 18.7 Å². The standard InChI is InChI=1S/C6H6N4/c7-4-2-1-3-6-5-8-10-9-6/h1-2,5H,3H2,(H,8,9,10). The van der Waals surface area contributed by atoms with E-state index in [1.165, 1.54) is 6.08 Å². The van der Waals surface area contributed by atoms with Crippen molar-refractivity contribution in [1.29, 1.82) is 5.26 Å². The lowest BCUT2D eigenvalue weighted by Gasteiger charge is -1.79. The summed E-state index contributed by atoms with van der Waals surface area (Å²) in [6, 6.07) is 1.89. The Hall–Kier alpha value is -1.63. The second-order valence-corrected chi connectivity index (χ2v) is 1.70. The van der Waals surface area contributed by atoms with Gasteiger partial charge in [0.25, 0.3) is 0 Å². The van der Waals surface area contributed by atoms with Crippen molar-refractivity contribution in [3.05, 3.63) is 24.0 Å². The molecule has 50 valence electrons. The molecule has 0 radical (unpaired) electrons. The predicted molar refractivity (Wildman–Crippen MR) is 34.8 cm³/mol. The Kier molecular flexibility index (Phi) is 2.21. The summed E-state index contributed by atoms with van der Waals surface area (Å²) in [5.74, 6) is 0.